The average molecular weight is 265 g/mol. The molecule has 96 valence electrons. The quantitative estimate of drug-likeness (QED) is 0.885. The zero-order valence-corrected chi connectivity index (χ0v) is 11.0. The number of nitrogens with zero attached hydrogens (tertiary/aromatic N) is 1. The van der Waals surface area contributed by atoms with Crippen molar-refractivity contribution in [3.05, 3.63) is 34.9 Å². The van der Waals surface area contributed by atoms with E-state index in [1.165, 1.54) is 0 Å². The van der Waals surface area contributed by atoms with Crippen molar-refractivity contribution in [2.24, 2.45) is 5.92 Å². The molecule has 1 aliphatic carbocycles. The van der Waals surface area contributed by atoms with Crippen LogP contribution >= 0.6 is 11.6 Å². The highest BCUT2D eigenvalue weighted by atomic mass is 35.5. The first-order valence-electron chi connectivity index (χ1n) is 6.51. The molecule has 1 saturated heterocycles. The Bertz CT molecular complexity index is 457. The Morgan fingerprint density at radius 3 is 2.72 bits per heavy atom. The molecule has 2 atom stereocenters. The molecule has 2 fully saturated rings. The summed E-state index contributed by atoms with van der Waals surface area (Å²) in [4.78, 5) is 14.3. The second-order valence-electron chi connectivity index (χ2n) is 5.05. The van der Waals surface area contributed by atoms with Crippen molar-refractivity contribution < 1.29 is 4.79 Å². The molecule has 1 saturated carbocycles. The molecule has 0 aromatic heterocycles. The number of nitrogens with one attached hydrogen (secondary N) is 1. The Labute approximate surface area is 112 Å². The van der Waals surface area contributed by atoms with E-state index < -0.39 is 0 Å². The minimum absolute atomic E-state index is 0.156. The average Bonchev–Trinajstić information content (AvgIpc) is 3.20. The molecule has 1 aromatic carbocycles. The SMILES string of the molecule is O=C([C@@H]1C[C@H]1c1ccccc1Cl)N1CCNCC1. The van der Waals surface area contributed by atoms with Crippen LogP contribution < -0.4 is 5.32 Å². The van der Waals surface area contributed by atoms with Gasteiger partial charge in [0.1, 0.15) is 0 Å². The maximum absolute atomic E-state index is 12.3. The Morgan fingerprint density at radius 1 is 1.28 bits per heavy atom. The van der Waals surface area contributed by atoms with Crippen LogP contribution in [0.15, 0.2) is 24.3 Å². The summed E-state index contributed by atoms with van der Waals surface area (Å²) < 4.78 is 0. The highest BCUT2D eigenvalue weighted by Crippen LogP contribution is 2.50. The normalized spacial score (nSPS) is 27.1. The lowest BCUT2D eigenvalue weighted by Gasteiger charge is -2.27. The summed E-state index contributed by atoms with van der Waals surface area (Å²) in [6.45, 7) is 3.50. The van der Waals surface area contributed by atoms with Crippen LogP contribution in [-0.4, -0.2) is 37.0 Å². The van der Waals surface area contributed by atoms with Crippen molar-refractivity contribution in [3.63, 3.8) is 0 Å². The molecule has 1 N–H and O–H groups in total. The largest absolute Gasteiger partial charge is 0.340 e. The van der Waals surface area contributed by atoms with Gasteiger partial charge in [-0.15, -0.1) is 0 Å². The third kappa shape index (κ3) is 2.25. The van der Waals surface area contributed by atoms with Crippen molar-refractivity contribution in [1.82, 2.24) is 10.2 Å². The maximum atomic E-state index is 12.3. The smallest absolute Gasteiger partial charge is 0.226 e. The predicted octanol–water partition coefficient (Wildman–Crippen LogP) is 1.88. The summed E-state index contributed by atoms with van der Waals surface area (Å²) in [5.41, 5.74) is 1.13. The molecule has 4 heteroatoms. The summed E-state index contributed by atoms with van der Waals surface area (Å²) in [7, 11) is 0. The van der Waals surface area contributed by atoms with Crippen LogP contribution in [0.4, 0.5) is 0 Å². The molecule has 3 rings (SSSR count). The second kappa shape index (κ2) is 4.90. The molecular weight excluding hydrogens is 248 g/mol. The van der Waals surface area contributed by atoms with E-state index in [1.807, 2.05) is 29.2 Å². The van der Waals surface area contributed by atoms with Crippen LogP contribution in [0.25, 0.3) is 0 Å². The Hall–Kier alpha value is -1.06. The number of rotatable bonds is 2. The summed E-state index contributed by atoms with van der Waals surface area (Å²) >= 11 is 6.18. The molecule has 0 spiro atoms. The molecule has 0 unspecified atom stereocenters. The van der Waals surface area contributed by atoms with E-state index in [1.54, 1.807) is 0 Å². The summed E-state index contributed by atoms with van der Waals surface area (Å²) in [6.07, 6.45) is 0.951. The van der Waals surface area contributed by atoms with Crippen LogP contribution in [-0.2, 0) is 4.79 Å². The lowest BCUT2D eigenvalue weighted by Crippen LogP contribution is -2.47. The predicted molar refractivity (Wildman–Crippen MR) is 71.7 cm³/mol. The first-order chi connectivity index (χ1) is 8.77. The van der Waals surface area contributed by atoms with Gasteiger partial charge in [-0.1, -0.05) is 29.8 Å². The fourth-order valence-electron chi connectivity index (χ4n) is 2.71. The van der Waals surface area contributed by atoms with Gasteiger partial charge < -0.3 is 10.2 Å². The topological polar surface area (TPSA) is 32.3 Å². The minimum Gasteiger partial charge on any atom is -0.340 e. The number of amides is 1. The van der Waals surface area contributed by atoms with Crippen molar-refractivity contribution >= 4 is 17.5 Å². The molecule has 1 aromatic rings. The number of benzene rings is 1. The highest BCUT2D eigenvalue weighted by molar-refractivity contribution is 6.31. The zero-order chi connectivity index (χ0) is 12.5. The number of hydrogen-bond donors (Lipinski definition) is 1. The molecule has 1 aliphatic heterocycles. The first-order valence-corrected chi connectivity index (χ1v) is 6.89. The maximum Gasteiger partial charge on any atom is 0.226 e. The fourth-order valence-corrected chi connectivity index (χ4v) is 2.98. The van der Waals surface area contributed by atoms with Gasteiger partial charge in [0.25, 0.3) is 0 Å². The van der Waals surface area contributed by atoms with Gasteiger partial charge in [-0.25, -0.2) is 0 Å². The van der Waals surface area contributed by atoms with Crippen molar-refractivity contribution in [2.75, 3.05) is 26.2 Å². The second-order valence-corrected chi connectivity index (χ2v) is 5.45. The zero-order valence-electron chi connectivity index (χ0n) is 10.2. The van der Waals surface area contributed by atoms with Gasteiger partial charge in [-0.2, -0.15) is 0 Å². The number of carbonyl (C=O) groups is 1. The molecular formula is C14H17ClN2O. The van der Waals surface area contributed by atoms with E-state index in [0.29, 0.717) is 11.8 Å². The Morgan fingerprint density at radius 2 is 2.00 bits per heavy atom. The third-order valence-corrected chi connectivity index (χ3v) is 4.19. The summed E-state index contributed by atoms with van der Waals surface area (Å²) in [5, 5.41) is 4.06. The van der Waals surface area contributed by atoms with E-state index in [2.05, 4.69) is 5.32 Å². The molecule has 0 radical (unpaired) electrons. The lowest BCUT2D eigenvalue weighted by molar-refractivity contribution is -0.133. The van der Waals surface area contributed by atoms with Crippen LogP contribution in [0.1, 0.15) is 17.9 Å². The minimum atomic E-state index is 0.156. The van der Waals surface area contributed by atoms with Gasteiger partial charge in [-0.05, 0) is 24.0 Å². The van der Waals surface area contributed by atoms with Gasteiger partial charge in [0.05, 0.1) is 0 Å². The molecule has 3 nitrogen and oxygen atoms in total. The molecule has 1 heterocycles. The lowest BCUT2D eigenvalue weighted by atomic mass is 10.1. The first kappa shape index (κ1) is 12.0. The number of carbonyl (C=O) groups excluding carboxylic acids is 1. The summed E-state index contributed by atoms with van der Waals surface area (Å²) in [5.74, 6) is 0.797. The number of piperazine rings is 1. The van der Waals surface area contributed by atoms with Crippen molar-refractivity contribution in [2.45, 2.75) is 12.3 Å². The number of hydrogen-bond acceptors (Lipinski definition) is 2. The van der Waals surface area contributed by atoms with Gasteiger partial charge in [0.15, 0.2) is 0 Å². The Kier molecular flexibility index (Phi) is 3.27. The Balaban J connectivity index is 1.67. The number of halogens is 1. The van der Waals surface area contributed by atoms with Gasteiger partial charge in [-0.3, -0.25) is 4.79 Å². The van der Waals surface area contributed by atoms with Crippen LogP contribution in [0.3, 0.4) is 0 Å². The van der Waals surface area contributed by atoms with Gasteiger partial charge in [0, 0.05) is 37.1 Å². The van der Waals surface area contributed by atoms with E-state index in [9.17, 15) is 4.79 Å². The van der Waals surface area contributed by atoms with Crippen LogP contribution in [0.2, 0.25) is 5.02 Å². The summed E-state index contributed by atoms with van der Waals surface area (Å²) in [6, 6.07) is 7.87. The monoisotopic (exact) mass is 264 g/mol. The fraction of sp³-hybridized carbons (Fsp3) is 0.500. The van der Waals surface area contributed by atoms with Crippen LogP contribution in [0, 0.1) is 5.92 Å². The molecule has 1 amide bonds. The third-order valence-electron chi connectivity index (χ3n) is 3.84. The van der Waals surface area contributed by atoms with E-state index >= 15 is 0 Å². The van der Waals surface area contributed by atoms with Gasteiger partial charge in [0.2, 0.25) is 5.91 Å². The highest BCUT2D eigenvalue weighted by Gasteiger charge is 2.46. The van der Waals surface area contributed by atoms with Crippen molar-refractivity contribution in [1.29, 1.82) is 0 Å². The van der Waals surface area contributed by atoms with Gasteiger partial charge >= 0.3 is 0 Å². The molecule has 18 heavy (non-hydrogen) atoms. The van der Waals surface area contributed by atoms with Crippen molar-refractivity contribution in [3.8, 4) is 0 Å². The molecule has 0 bridgehead atoms. The molecule has 2 aliphatic rings. The van der Waals surface area contributed by atoms with E-state index in [4.69, 9.17) is 11.6 Å². The standard InChI is InChI=1S/C14H17ClN2O/c15-13-4-2-1-3-10(13)11-9-12(11)14(18)17-7-5-16-6-8-17/h1-4,11-12,16H,5-9H2/t11-,12+/m0/s1. The van der Waals surface area contributed by atoms with E-state index in [0.717, 1.165) is 43.2 Å². The van der Waals surface area contributed by atoms with E-state index in [-0.39, 0.29) is 5.92 Å². The van der Waals surface area contributed by atoms with Crippen LogP contribution in [0.5, 0.6) is 0 Å².